The van der Waals surface area contributed by atoms with Gasteiger partial charge in [0.15, 0.2) is 23.1 Å². The Hall–Kier alpha value is -2.94. The van der Waals surface area contributed by atoms with Crippen LogP contribution in [0.15, 0.2) is 30.9 Å². The molecule has 0 aliphatic carbocycles. The number of aromatic nitrogens is 4. The van der Waals surface area contributed by atoms with E-state index in [1.165, 1.54) is 0 Å². The minimum Gasteiger partial charge on any atom is -0.387 e. The maximum atomic E-state index is 14.0. The van der Waals surface area contributed by atoms with Crippen LogP contribution in [-0.2, 0) is 15.2 Å². The van der Waals surface area contributed by atoms with E-state index in [0.29, 0.717) is 6.07 Å². The fraction of sp³-hybridized carbons (Fsp3) is 0.353. The van der Waals surface area contributed by atoms with Gasteiger partial charge < -0.3 is 20.7 Å². The molecule has 3 aromatic rings. The number of fused-ring (bicyclic) bond motifs is 1. The third-order valence-electron chi connectivity index (χ3n) is 4.90. The number of alkyl halides is 3. The monoisotopic (exact) mass is 447 g/mol. The number of ether oxygens (including phenoxy) is 2. The normalized spacial score (nSPS) is 26.6. The van der Waals surface area contributed by atoms with Crippen LogP contribution in [-0.4, -0.2) is 61.0 Å². The highest BCUT2D eigenvalue weighted by Gasteiger charge is 2.58. The van der Waals surface area contributed by atoms with Gasteiger partial charge in [0, 0.05) is 5.56 Å². The third-order valence-corrected chi connectivity index (χ3v) is 4.90. The smallest absolute Gasteiger partial charge is 0.387 e. The number of nitrogens with two attached hydrogens (primary N) is 1. The second-order valence-corrected chi connectivity index (χ2v) is 6.72. The Kier molecular flexibility index (Phi) is 5.04. The Morgan fingerprint density at radius 1 is 1.16 bits per heavy atom. The summed E-state index contributed by atoms with van der Waals surface area (Å²) in [6.07, 6.45) is -8.50. The molecule has 4 rings (SSSR count). The van der Waals surface area contributed by atoms with Crippen molar-refractivity contribution < 1.29 is 41.6 Å². The quantitative estimate of drug-likeness (QED) is 0.507. The molecular weight excluding hydrogens is 433 g/mol. The zero-order valence-corrected chi connectivity index (χ0v) is 15.3. The molecule has 1 saturated heterocycles. The first-order chi connectivity index (χ1) is 14.5. The zero-order valence-electron chi connectivity index (χ0n) is 15.3. The fourth-order valence-corrected chi connectivity index (χ4v) is 3.51. The Balaban J connectivity index is 1.90. The number of aliphatic hydroxyl groups excluding tert-OH is 2. The van der Waals surface area contributed by atoms with E-state index in [-0.39, 0.29) is 22.5 Å². The average Bonchev–Trinajstić information content (AvgIpc) is 3.24. The number of imidazole rings is 1. The van der Waals surface area contributed by atoms with Crippen molar-refractivity contribution in [2.24, 2.45) is 0 Å². The SMILES string of the molecule is Nc1ncnc2c1ncn2[C@]1(c2ccc(F)c(F)c2)O[C@H](COC(F)(F)F)[C@@H](O)[C@H]1O. The summed E-state index contributed by atoms with van der Waals surface area (Å²) in [5.74, 6) is -2.60. The third kappa shape index (κ3) is 3.46. The number of anilines is 1. The van der Waals surface area contributed by atoms with Crippen molar-refractivity contribution in [2.75, 3.05) is 12.3 Å². The van der Waals surface area contributed by atoms with Crippen molar-refractivity contribution in [1.82, 2.24) is 19.5 Å². The maximum Gasteiger partial charge on any atom is 0.522 e. The van der Waals surface area contributed by atoms with Crippen LogP contribution in [0.3, 0.4) is 0 Å². The van der Waals surface area contributed by atoms with Crippen molar-refractivity contribution in [3.05, 3.63) is 48.1 Å². The first kappa shape index (κ1) is 21.3. The summed E-state index contributed by atoms with van der Waals surface area (Å²) in [5, 5.41) is 21.3. The predicted molar refractivity (Wildman–Crippen MR) is 92.1 cm³/mol. The molecule has 166 valence electrons. The lowest BCUT2D eigenvalue weighted by Gasteiger charge is -2.34. The van der Waals surface area contributed by atoms with Gasteiger partial charge in [-0.05, 0) is 12.1 Å². The largest absolute Gasteiger partial charge is 0.522 e. The van der Waals surface area contributed by atoms with Crippen molar-refractivity contribution in [2.45, 2.75) is 30.4 Å². The molecule has 0 bridgehead atoms. The van der Waals surface area contributed by atoms with E-state index in [4.69, 9.17) is 10.5 Å². The lowest BCUT2D eigenvalue weighted by atomic mass is 9.94. The number of rotatable bonds is 4. The molecule has 31 heavy (non-hydrogen) atoms. The minimum atomic E-state index is -5.04. The molecule has 4 atom stereocenters. The summed E-state index contributed by atoms with van der Waals surface area (Å²) in [7, 11) is 0. The van der Waals surface area contributed by atoms with Gasteiger partial charge in [-0.25, -0.2) is 23.7 Å². The second kappa shape index (κ2) is 7.33. The van der Waals surface area contributed by atoms with Gasteiger partial charge in [0.1, 0.15) is 30.2 Å². The van der Waals surface area contributed by atoms with Gasteiger partial charge in [-0.1, -0.05) is 6.07 Å². The summed E-state index contributed by atoms with van der Waals surface area (Å²) >= 11 is 0. The second-order valence-electron chi connectivity index (χ2n) is 6.72. The highest BCUT2D eigenvalue weighted by Crippen LogP contribution is 2.43. The summed E-state index contributed by atoms with van der Waals surface area (Å²) in [4.78, 5) is 11.7. The number of hydrogen-bond donors (Lipinski definition) is 3. The number of nitrogens with zero attached hydrogens (tertiary/aromatic N) is 4. The van der Waals surface area contributed by atoms with E-state index in [2.05, 4.69) is 19.7 Å². The van der Waals surface area contributed by atoms with Gasteiger partial charge in [-0.15, -0.1) is 13.2 Å². The highest BCUT2D eigenvalue weighted by molar-refractivity contribution is 5.81. The van der Waals surface area contributed by atoms with E-state index in [1.807, 2.05) is 0 Å². The van der Waals surface area contributed by atoms with Crippen LogP contribution in [0.1, 0.15) is 5.56 Å². The molecule has 0 spiro atoms. The molecule has 4 N–H and O–H groups in total. The van der Waals surface area contributed by atoms with E-state index >= 15 is 0 Å². The fourth-order valence-electron chi connectivity index (χ4n) is 3.51. The Bertz CT molecular complexity index is 1130. The number of benzene rings is 1. The number of aliphatic hydroxyl groups is 2. The molecule has 2 aromatic heterocycles. The molecule has 1 aromatic carbocycles. The zero-order chi connectivity index (χ0) is 22.6. The molecular formula is C17H14F5N5O4. The summed E-state index contributed by atoms with van der Waals surface area (Å²) in [6.45, 7) is -1.18. The standard InChI is InChI=1S/C17H14F5N5O4/c18-8-2-1-7(3-9(8)19)16(27-6-26-11-14(23)24-5-25-15(11)27)13(29)12(28)10(31-16)4-30-17(20,21)22/h1-3,5-6,10,12-13,28-29H,4H2,(H2,23,24,25)/t10-,12-,13-,16-/m1/s1. The van der Waals surface area contributed by atoms with Gasteiger partial charge >= 0.3 is 6.36 Å². The van der Waals surface area contributed by atoms with Crippen molar-refractivity contribution >= 4 is 17.0 Å². The van der Waals surface area contributed by atoms with Crippen LogP contribution >= 0.6 is 0 Å². The molecule has 0 radical (unpaired) electrons. The van der Waals surface area contributed by atoms with Crippen LogP contribution in [0.5, 0.6) is 0 Å². The Labute approximate surface area is 169 Å². The Morgan fingerprint density at radius 3 is 2.58 bits per heavy atom. The van der Waals surface area contributed by atoms with Gasteiger partial charge in [0.05, 0.1) is 12.9 Å². The molecule has 3 heterocycles. The number of nitrogen functional groups attached to an aromatic ring is 1. The number of halogens is 5. The van der Waals surface area contributed by atoms with E-state index in [9.17, 15) is 32.2 Å². The summed E-state index contributed by atoms with van der Waals surface area (Å²) in [5.41, 5.74) is 3.27. The minimum absolute atomic E-state index is 0.0409. The van der Waals surface area contributed by atoms with Gasteiger partial charge in [0.25, 0.3) is 0 Å². The van der Waals surface area contributed by atoms with Crippen molar-refractivity contribution in [1.29, 1.82) is 0 Å². The number of hydrogen-bond acceptors (Lipinski definition) is 8. The van der Waals surface area contributed by atoms with E-state index in [1.54, 1.807) is 0 Å². The van der Waals surface area contributed by atoms with Crippen LogP contribution in [0, 0.1) is 11.6 Å². The van der Waals surface area contributed by atoms with Crippen LogP contribution in [0.25, 0.3) is 11.2 Å². The molecule has 1 aliphatic rings. The topological polar surface area (TPSA) is 129 Å². The molecule has 0 saturated carbocycles. The highest BCUT2D eigenvalue weighted by atomic mass is 19.4. The van der Waals surface area contributed by atoms with Crippen molar-refractivity contribution in [3.8, 4) is 0 Å². The van der Waals surface area contributed by atoms with Gasteiger partial charge in [-0.2, -0.15) is 0 Å². The van der Waals surface area contributed by atoms with Crippen LogP contribution in [0.4, 0.5) is 27.8 Å². The van der Waals surface area contributed by atoms with Gasteiger partial charge in [0.2, 0.25) is 5.72 Å². The molecule has 9 nitrogen and oxygen atoms in total. The van der Waals surface area contributed by atoms with Crippen molar-refractivity contribution in [3.63, 3.8) is 0 Å². The maximum absolute atomic E-state index is 14.0. The van der Waals surface area contributed by atoms with E-state index < -0.39 is 48.6 Å². The summed E-state index contributed by atoms with van der Waals surface area (Å²) in [6, 6.07) is 2.45. The molecule has 0 amide bonds. The molecule has 1 aliphatic heterocycles. The van der Waals surface area contributed by atoms with Crippen LogP contribution < -0.4 is 5.73 Å². The molecule has 14 heteroatoms. The van der Waals surface area contributed by atoms with Gasteiger partial charge in [-0.3, -0.25) is 9.30 Å². The molecule has 1 fully saturated rings. The lowest BCUT2D eigenvalue weighted by Crippen LogP contribution is -2.46. The van der Waals surface area contributed by atoms with E-state index in [0.717, 1.165) is 29.4 Å². The average molecular weight is 447 g/mol. The first-order valence-electron chi connectivity index (χ1n) is 8.69. The Morgan fingerprint density at radius 2 is 1.90 bits per heavy atom. The summed E-state index contributed by atoms with van der Waals surface area (Å²) < 4.78 is 75.5. The molecule has 0 unspecified atom stereocenters. The predicted octanol–water partition coefficient (Wildman–Crippen LogP) is 1.04. The lowest BCUT2D eigenvalue weighted by molar-refractivity contribution is -0.334. The first-order valence-corrected chi connectivity index (χ1v) is 8.69. The van der Waals surface area contributed by atoms with Crippen LogP contribution in [0.2, 0.25) is 0 Å².